The van der Waals surface area contributed by atoms with E-state index in [9.17, 15) is 18.4 Å². The lowest BCUT2D eigenvalue weighted by Gasteiger charge is -2.15. The van der Waals surface area contributed by atoms with E-state index in [1.54, 1.807) is 0 Å². The van der Waals surface area contributed by atoms with Crippen molar-refractivity contribution >= 4 is 11.9 Å². The van der Waals surface area contributed by atoms with Gasteiger partial charge < -0.3 is 10.1 Å². The van der Waals surface area contributed by atoms with Crippen LogP contribution in [0.4, 0.5) is 8.78 Å². The van der Waals surface area contributed by atoms with Crippen LogP contribution in [-0.4, -0.2) is 25.0 Å². The fourth-order valence-corrected chi connectivity index (χ4v) is 1.48. The fourth-order valence-electron chi connectivity index (χ4n) is 1.48. The number of hydrogen-bond acceptors (Lipinski definition) is 4. The van der Waals surface area contributed by atoms with Gasteiger partial charge in [0.25, 0.3) is 5.91 Å². The predicted octanol–water partition coefficient (Wildman–Crippen LogP) is 1.54. The van der Waals surface area contributed by atoms with Crippen molar-refractivity contribution in [2.24, 2.45) is 0 Å². The Hall–Kier alpha value is -2.49. The van der Waals surface area contributed by atoms with Gasteiger partial charge in [-0.3, -0.25) is 4.79 Å². The van der Waals surface area contributed by atoms with Crippen LogP contribution >= 0.6 is 0 Å². The predicted molar refractivity (Wildman–Crippen MR) is 64.5 cm³/mol. The van der Waals surface area contributed by atoms with Crippen LogP contribution in [0.25, 0.3) is 0 Å². The minimum absolute atomic E-state index is 0.0395. The number of nitrogens with zero attached hydrogens (tertiary/aromatic N) is 1. The van der Waals surface area contributed by atoms with Crippen LogP contribution in [0.3, 0.4) is 0 Å². The molecular formula is C13H12F2N2O3. The first-order chi connectivity index (χ1) is 9.49. The molecular weight excluding hydrogens is 270 g/mol. The van der Waals surface area contributed by atoms with E-state index in [1.165, 1.54) is 0 Å². The van der Waals surface area contributed by atoms with E-state index in [-0.39, 0.29) is 18.4 Å². The van der Waals surface area contributed by atoms with Crippen LogP contribution in [0.2, 0.25) is 0 Å². The summed E-state index contributed by atoms with van der Waals surface area (Å²) in [5, 5.41) is 10.8. The molecule has 1 aromatic rings. The van der Waals surface area contributed by atoms with Crippen molar-refractivity contribution in [2.45, 2.75) is 18.9 Å². The highest BCUT2D eigenvalue weighted by Crippen LogP contribution is 2.09. The summed E-state index contributed by atoms with van der Waals surface area (Å²) in [5.74, 6) is -3.70. The summed E-state index contributed by atoms with van der Waals surface area (Å²) in [6.45, 7) is 0. The molecule has 1 aromatic carbocycles. The van der Waals surface area contributed by atoms with Crippen molar-refractivity contribution in [2.75, 3.05) is 7.11 Å². The third kappa shape index (κ3) is 4.02. The van der Waals surface area contributed by atoms with E-state index in [0.717, 1.165) is 25.3 Å². The van der Waals surface area contributed by atoms with E-state index >= 15 is 0 Å². The average molecular weight is 282 g/mol. The zero-order chi connectivity index (χ0) is 15.1. The molecule has 0 saturated heterocycles. The Morgan fingerprint density at radius 3 is 2.65 bits per heavy atom. The Labute approximate surface area is 114 Å². The highest BCUT2D eigenvalue weighted by atomic mass is 19.2. The number of hydrogen-bond donors (Lipinski definition) is 1. The van der Waals surface area contributed by atoms with Crippen LogP contribution in [0.1, 0.15) is 23.2 Å². The molecule has 0 unspecified atom stereocenters. The Bertz CT molecular complexity index is 555. The summed E-state index contributed by atoms with van der Waals surface area (Å²) in [5.41, 5.74) is -0.130. The summed E-state index contributed by atoms with van der Waals surface area (Å²) in [4.78, 5) is 23.2. The topological polar surface area (TPSA) is 79.2 Å². The number of methoxy groups -OCH3 is 1. The van der Waals surface area contributed by atoms with Crippen molar-refractivity contribution in [3.8, 4) is 6.07 Å². The monoisotopic (exact) mass is 282 g/mol. The first kappa shape index (κ1) is 15.6. The van der Waals surface area contributed by atoms with Gasteiger partial charge in [0.1, 0.15) is 6.04 Å². The van der Waals surface area contributed by atoms with Crippen molar-refractivity contribution < 1.29 is 23.1 Å². The molecule has 20 heavy (non-hydrogen) atoms. The molecule has 7 heteroatoms. The number of halogens is 2. The van der Waals surface area contributed by atoms with E-state index in [0.29, 0.717) is 0 Å². The molecule has 1 N–H and O–H groups in total. The molecule has 5 nitrogen and oxygen atoms in total. The van der Waals surface area contributed by atoms with Gasteiger partial charge in [0.05, 0.1) is 13.2 Å². The van der Waals surface area contributed by atoms with Crippen molar-refractivity contribution in [3.05, 3.63) is 35.4 Å². The Balaban J connectivity index is 2.81. The number of esters is 1. The minimum Gasteiger partial charge on any atom is -0.467 e. The van der Waals surface area contributed by atoms with Gasteiger partial charge in [-0.2, -0.15) is 5.26 Å². The lowest BCUT2D eigenvalue weighted by Crippen LogP contribution is -2.41. The second-order valence-electron chi connectivity index (χ2n) is 3.87. The normalized spacial score (nSPS) is 11.3. The van der Waals surface area contributed by atoms with E-state index < -0.39 is 29.6 Å². The standard InChI is InChI=1S/C13H12F2N2O3/c1-20-13(19)11(3-2-6-16)17-12(18)8-4-5-9(14)10(15)7-8/h4-5,7,11H,2-3H2,1H3,(H,17,18)/t11-/m0/s1. The molecule has 0 aliphatic carbocycles. The van der Waals surface area contributed by atoms with Crippen LogP contribution in [-0.2, 0) is 9.53 Å². The summed E-state index contributed by atoms with van der Waals surface area (Å²) in [6, 6.07) is 3.45. The van der Waals surface area contributed by atoms with Gasteiger partial charge in [0, 0.05) is 12.0 Å². The van der Waals surface area contributed by atoms with Gasteiger partial charge in [0.15, 0.2) is 11.6 Å². The zero-order valence-corrected chi connectivity index (χ0v) is 10.7. The van der Waals surface area contributed by atoms with Crippen LogP contribution < -0.4 is 5.32 Å². The fraction of sp³-hybridized carbons (Fsp3) is 0.308. The first-order valence-corrected chi connectivity index (χ1v) is 5.70. The number of carbonyl (C=O) groups is 2. The van der Waals surface area contributed by atoms with Gasteiger partial charge in [-0.05, 0) is 24.6 Å². The maximum Gasteiger partial charge on any atom is 0.328 e. The molecule has 0 radical (unpaired) electrons. The SMILES string of the molecule is COC(=O)[C@H](CCC#N)NC(=O)c1ccc(F)c(F)c1. The molecule has 0 fully saturated rings. The largest absolute Gasteiger partial charge is 0.467 e. The average Bonchev–Trinajstić information content (AvgIpc) is 2.45. The molecule has 1 amide bonds. The van der Waals surface area contributed by atoms with Crippen molar-refractivity contribution in [3.63, 3.8) is 0 Å². The number of ether oxygens (including phenoxy) is 1. The molecule has 106 valence electrons. The molecule has 0 bridgehead atoms. The number of carbonyl (C=O) groups excluding carboxylic acids is 2. The third-order valence-corrected chi connectivity index (χ3v) is 2.52. The number of amides is 1. The quantitative estimate of drug-likeness (QED) is 0.831. The van der Waals surface area contributed by atoms with E-state index in [2.05, 4.69) is 10.1 Å². The van der Waals surface area contributed by atoms with E-state index in [1.807, 2.05) is 6.07 Å². The zero-order valence-electron chi connectivity index (χ0n) is 10.7. The second kappa shape index (κ2) is 7.19. The summed E-state index contributed by atoms with van der Waals surface area (Å²) in [6.07, 6.45) is 0.108. The Morgan fingerprint density at radius 1 is 1.40 bits per heavy atom. The Kier molecular flexibility index (Phi) is 5.59. The molecule has 0 heterocycles. The molecule has 0 aliphatic rings. The van der Waals surface area contributed by atoms with Crippen LogP contribution in [0.5, 0.6) is 0 Å². The van der Waals surface area contributed by atoms with Crippen molar-refractivity contribution in [1.82, 2.24) is 5.32 Å². The first-order valence-electron chi connectivity index (χ1n) is 5.70. The summed E-state index contributed by atoms with van der Waals surface area (Å²) < 4.78 is 30.3. The number of nitrogens with one attached hydrogen (secondary N) is 1. The summed E-state index contributed by atoms with van der Waals surface area (Å²) in [7, 11) is 1.14. The van der Waals surface area contributed by atoms with Gasteiger partial charge in [-0.25, -0.2) is 13.6 Å². The molecule has 0 aliphatic heterocycles. The van der Waals surface area contributed by atoms with Gasteiger partial charge in [-0.1, -0.05) is 0 Å². The molecule has 0 saturated carbocycles. The lowest BCUT2D eigenvalue weighted by molar-refractivity contribution is -0.143. The van der Waals surface area contributed by atoms with Gasteiger partial charge in [0.2, 0.25) is 0 Å². The maximum absolute atomic E-state index is 13.0. The highest BCUT2D eigenvalue weighted by molar-refractivity contribution is 5.96. The molecule has 1 rings (SSSR count). The van der Waals surface area contributed by atoms with Gasteiger partial charge >= 0.3 is 5.97 Å². The molecule has 1 atom stereocenters. The smallest absolute Gasteiger partial charge is 0.328 e. The Morgan fingerprint density at radius 2 is 2.10 bits per heavy atom. The van der Waals surface area contributed by atoms with Crippen molar-refractivity contribution in [1.29, 1.82) is 5.26 Å². The van der Waals surface area contributed by atoms with Crippen LogP contribution in [0, 0.1) is 23.0 Å². The third-order valence-electron chi connectivity index (χ3n) is 2.52. The second-order valence-corrected chi connectivity index (χ2v) is 3.87. The number of nitriles is 1. The lowest BCUT2D eigenvalue weighted by atomic mass is 10.1. The summed E-state index contributed by atoms with van der Waals surface area (Å²) >= 11 is 0. The minimum atomic E-state index is -1.16. The van der Waals surface area contributed by atoms with Crippen LogP contribution in [0.15, 0.2) is 18.2 Å². The van der Waals surface area contributed by atoms with E-state index in [4.69, 9.17) is 5.26 Å². The maximum atomic E-state index is 13.0. The number of benzene rings is 1. The number of rotatable bonds is 5. The molecule has 0 spiro atoms. The van der Waals surface area contributed by atoms with Gasteiger partial charge in [-0.15, -0.1) is 0 Å². The molecule has 0 aromatic heterocycles. The highest BCUT2D eigenvalue weighted by Gasteiger charge is 2.22.